The Morgan fingerprint density at radius 1 is 1.33 bits per heavy atom. The molecule has 0 bridgehead atoms. The van der Waals surface area contributed by atoms with Crippen LogP contribution in [0.25, 0.3) is 0 Å². The van der Waals surface area contributed by atoms with Crippen molar-refractivity contribution in [3.05, 3.63) is 35.5 Å². The van der Waals surface area contributed by atoms with E-state index in [-0.39, 0.29) is 23.3 Å². The Morgan fingerprint density at radius 3 is 2.83 bits per heavy atom. The third-order valence-electron chi connectivity index (χ3n) is 5.65. The number of anilines is 2. The predicted molar refractivity (Wildman–Crippen MR) is 115 cm³/mol. The fourth-order valence-electron chi connectivity index (χ4n) is 3.79. The molecule has 1 fully saturated rings. The Morgan fingerprint density at radius 2 is 2.13 bits per heavy atom. The van der Waals surface area contributed by atoms with Crippen LogP contribution in [0.5, 0.6) is 11.5 Å². The SMILES string of the molecule is COc1cc(CCNc2ncc(C#N)c(N[C@@H]3CC[C@H](O)C(C)(C)C3)n2)ccc1O. The number of hydrogen-bond donors (Lipinski definition) is 4. The van der Waals surface area contributed by atoms with Crippen molar-refractivity contribution in [2.45, 2.75) is 51.7 Å². The van der Waals surface area contributed by atoms with E-state index in [1.54, 1.807) is 12.1 Å². The molecule has 8 heteroatoms. The minimum atomic E-state index is -0.313. The largest absolute Gasteiger partial charge is 0.504 e. The van der Waals surface area contributed by atoms with Crippen LogP contribution in [0.4, 0.5) is 11.8 Å². The monoisotopic (exact) mass is 411 g/mol. The van der Waals surface area contributed by atoms with Crippen LogP contribution in [-0.2, 0) is 6.42 Å². The van der Waals surface area contributed by atoms with Crippen molar-refractivity contribution in [2.24, 2.45) is 5.41 Å². The molecule has 1 heterocycles. The minimum Gasteiger partial charge on any atom is -0.504 e. The molecule has 1 aromatic carbocycles. The van der Waals surface area contributed by atoms with E-state index in [4.69, 9.17) is 4.74 Å². The summed E-state index contributed by atoms with van der Waals surface area (Å²) in [6.07, 6.45) is 4.24. The highest BCUT2D eigenvalue weighted by Crippen LogP contribution is 2.37. The molecular weight excluding hydrogens is 382 g/mol. The number of phenolic OH excluding ortho intramolecular Hbond substituents is 1. The average Bonchev–Trinajstić information content (AvgIpc) is 2.72. The van der Waals surface area contributed by atoms with Crippen LogP contribution < -0.4 is 15.4 Å². The van der Waals surface area contributed by atoms with Crippen molar-refractivity contribution in [2.75, 3.05) is 24.3 Å². The third kappa shape index (κ3) is 5.10. The van der Waals surface area contributed by atoms with Gasteiger partial charge in [0.15, 0.2) is 11.5 Å². The van der Waals surface area contributed by atoms with Gasteiger partial charge < -0.3 is 25.6 Å². The Hall–Kier alpha value is -3.05. The number of methoxy groups -OCH3 is 1. The van der Waals surface area contributed by atoms with Gasteiger partial charge in [-0.25, -0.2) is 4.98 Å². The zero-order chi connectivity index (χ0) is 21.7. The number of hydrogen-bond acceptors (Lipinski definition) is 8. The van der Waals surface area contributed by atoms with Crippen molar-refractivity contribution in [3.63, 3.8) is 0 Å². The standard InChI is InChI=1S/C22H29N5O3/c1-22(2)11-16(5-7-19(22)29)26-20-15(12-23)13-25-21(27-20)24-9-8-14-4-6-17(28)18(10-14)30-3/h4,6,10,13,16,19,28-29H,5,7-9,11H2,1-3H3,(H2,24,25,26,27)/t16-,19+/m1/s1. The summed E-state index contributed by atoms with van der Waals surface area (Å²) < 4.78 is 5.14. The van der Waals surface area contributed by atoms with Crippen LogP contribution in [0.15, 0.2) is 24.4 Å². The second-order valence-corrected chi connectivity index (χ2v) is 8.38. The minimum absolute atomic E-state index is 0.110. The molecule has 0 radical (unpaired) electrons. The summed E-state index contributed by atoms with van der Waals surface area (Å²) in [5.74, 6) is 1.50. The maximum absolute atomic E-state index is 10.2. The van der Waals surface area contributed by atoms with Crippen molar-refractivity contribution in [1.29, 1.82) is 5.26 Å². The number of rotatable bonds is 7. The van der Waals surface area contributed by atoms with Gasteiger partial charge in [-0.05, 0) is 48.8 Å². The zero-order valence-corrected chi connectivity index (χ0v) is 17.6. The van der Waals surface area contributed by atoms with Gasteiger partial charge in [-0.3, -0.25) is 0 Å². The summed E-state index contributed by atoms with van der Waals surface area (Å²) in [6, 6.07) is 7.52. The molecule has 1 aliphatic rings. The fourth-order valence-corrected chi connectivity index (χ4v) is 3.79. The van der Waals surface area contributed by atoms with E-state index in [9.17, 15) is 15.5 Å². The number of benzene rings is 1. The number of nitrogens with one attached hydrogen (secondary N) is 2. The van der Waals surface area contributed by atoms with E-state index in [1.165, 1.54) is 13.3 Å². The first-order valence-electron chi connectivity index (χ1n) is 10.1. The number of aliphatic hydroxyl groups is 1. The normalized spacial score (nSPS) is 20.2. The molecule has 0 unspecified atom stereocenters. The van der Waals surface area contributed by atoms with Gasteiger partial charge in [0, 0.05) is 12.6 Å². The third-order valence-corrected chi connectivity index (χ3v) is 5.65. The van der Waals surface area contributed by atoms with Crippen molar-refractivity contribution in [1.82, 2.24) is 9.97 Å². The first-order chi connectivity index (χ1) is 14.3. The molecule has 1 saturated carbocycles. The molecule has 0 aliphatic heterocycles. The Kier molecular flexibility index (Phi) is 6.63. The average molecular weight is 412 g/mol. The second kappa shape index (κ2) is 9.18. The Labute approximate surface area is 176 Å². The van der Waals surface area contributed by atoms with Crippen molar-refractivity contribution >= 4 is 11.8 Å². The molecule has 3 rings (SSSR count). The van der Waals surface area contributed by atoms with Crippen LogP contribution >= 0.6 is 0 Å². The lowest BCUT2D eigenvalue weighted by atomic mass is 9.73. The molecule has 0 spiro atoms. The molecule has 0 amide bonds. The summed E-state index contributed by atoms with van der Waals surface area (Å²) >= 11 is 0. The lowest BCUT2D eigenvalue weighted by Crippen LogP contribution is -2.41. The summed E-state index contributed by atoms with van der Waals surface area (Å²) in [5.41, 5.74) is 1.22. The van der Waals surface area contributed by atoms with E-state index in [0.29, 0.717) is 36.0 Å². The highest BCUT2D eigenvalue weighted by molar-refractivity contribution is 5.54. The van der Waals surface area contributed by atoms with E-state index in [2.05, 4.69) is 40.5 Å². The number of aromatic nitrogens is 2. The molecule has 2 atom stereocenters. The van der Waals surface area contributed by atoms with E-state index < -0.39 is 0 Å². The van der Waals surface area contributed by atoms with Gasteiger partial charge in [-0.2, -0.15) is 10.2 Å². The van der Waals surface area contributed by atoms with E-state index in [0.717, 1.165) is 24.8 Å². The molecule has 30 heavy (non-hydrogen) atoms. The number of nitriles is 1. The number of phenols is 1. The summed E-state index contributed by atoms with van der Waals surface area (Å²) in [4.78, 5) is 8.73. The summed E-state index contributed by atoms with van der Waals surface area (Å²) in [7, 11) is 1.52. The van der Waals surface area contributed by atoms with Crippen LogP contribution in [0, 0.1) is 16.7 Å². The summed E-state index contributed by atoms with van der Waals surface area (Å²) in [6.45, 7) is 4.70. The van der Waals surface area contributed by atoms with Crippen LogP contribution in [0.3, 0.4) is 0 Å². The van der Waals surface area contributed by atoms with Gasteiger partial charge in [0.2, 0.25) is 5.95 Å². The number of aliphatic hydroxyl groups excluding tert-OH is 1. The van der Waals surface area contributed by atoms with Crippen LogP contribution in [0.2, 0.25) is 0 Å². The van der Waals surface area contributed by atoms with E-state index >= 15 is 0 Å². The van der Waals surface area contributed by atoms with Crippen LogP contribution in [-0.4, -0.2) is 46.0 Å². The Balaban J connectivity index is 1.64. The zero-order valence-electron chi connectivity index (χ0n) is 17.6. The van der Waals surface area contributed by atoms with Gasteiger partial charge in [-0.15, -0.1) is 0 Å². The highest BCUT2D eigenvalue weighted by atomic mass is 16.5. The molecule has 160 valence electrons. The van der Waals surface area contributed by atoms with Crippen molar-refractivity contribution in [3.8, 4) is 17.6 Å². The number of nitrogens with zero attached hydrogens (tertiary/aromatic N) is 3. The number of ether oxygens (including phenoxy) is 1. The molecule has 1 aliphatic carbocycles. The van der Waals surface area contributed by atoms with Gasteiger partial charge in [-0.1, -0.05) is 19.9 Å². The number of aromatic hydroxyl groups is 1. The second-order valence-electron chi connectivity index (χ2n) is 8.38. The maximum Gasteiger partial charge on any atom is 0.224 e. The lowest BCUT2D eigenvalue weighted by Gasteiger charge is -2.40. The maximum atomic E-state index is 10.2. The van der Waals surface area contributed by atoms with Gasteiger partial charge in [0.05, 0.1) is 19.4 Å². The Bertz CT molecular complexity index is 925. The molecule has 4 N–H and O–H groups in total. The smallest absolute Gasteiger partial charge is 0.224 e. The predicted octanol–water partition coefficient (Wildman–Crippen LogP) is 3.07. The van der Waals surface area contributed by atoms with Crippen LogP contribution in [0.1, 0.15) is 44.2 Å². The van der Waals surface area contributed by atoms with Gasteiger partial charge in [0.25, 0.3) is 0 Å². The highest BCUT2D eigenvalue weighted by Gasteiger charge is 2.35. The summed E-state index contributed by atoms with van der Waals surface area (Å²) in [5, 5.41) is 35.8. The fraction of sp³-hybridized carbons (Fsp3) is 0.500. The molecule has 8 nitrogen and oxygen atoms in total. The first kappa shape index (κ1) is 21.7. The first-order valence-corrected chi connectivity index (χ1v) is 10.1. The quantitative estimate of drug-likeness (QED) is 0.548. The van der Waals surface area contributed by atoms with Gasteiger partial charge >= 0.3 is 0 Å². The van der Waals surface area contributed by atoms with Gasteiger partial charge in [0.1, 0.15) is 17.5 Å². The molecule has 0 saturated heterocycles. The van der Waals surface area contributed by atoms with Crippen molar-refractivity contribution < 1.29 is 14.9 Å². The van der Waals surface area contributed by atoms with E-state index in [1.807, 2.05) is 6.07 Å². The lowest BCUT2D eigenvalue weighted by molar-refractivity contribution is 0.00926. The molecular formula is C22H29N5O3. The molecule has 2 aromatic rings. The topological polar surface area (TPSA) is 123 Å². The molecule has 1 aromatic heterocycles.